The number of phenols is 1. The molecule has 0 aliphatic carbocycles. The zero-order chi connectivity index (χ0) is 23.1. The van der Waals surface area contributed by atoms with E-state index in [1.165, 1.54) is 38.7 Å². The summed E-state index contributed by atoms with van der Waals surface area (Å²) in [6.07, 6.45) is 0.712. The fourth-order valence-corrected chi connectivity index (χ4v) is 3.71. The van der Waals surface area contributed by atoms with E-state index in [9.17, 15) is 9.90 Å². The first-order chi connectivity index (χ1) is 15.5. The average molecular weight is 456 g/mol. The van der Waals surface area contributed by atoms with Crippen molar-refractivity contribution in [2.75, 3.05) is 26.6 Å². The summed E-state index contributed by atoms with van der Waals surface area (Å²) >= 11 is 1.53. The molecule has 0 unspecified atom stereocenters. The molecule has 0 aliphatic heterocycles. The number of anilines is 1. The van der Waals surface area contributed by atoms with Crippen molar-refractivity contribution in [3.05, 3.63) is 58.3 Å². The van der Waals surface area contributed by atoms with E-state index in [4.69, 9.17) is 19.9 Å². The second kappa shape index (κ2) is 10.5. The molecular formula is C23H25N3O5S. The van der Waals surface area contributed by atoms with Crippen LogP contribution in [0.3, 0.4) is 0 Å². The number of amidine groups is 1. The van der Waals surface area contributed by atoms with Gasteiger partial charge in [-0.05, 0) is 35.6 Å². The van der Waals surface area contributed by atoms with Crippen LogP contribution in [0.15, 0.2) is 52.8 Å². The van der Waals surface area contributed by atoms with Gasteiger partial charge in [-0.1, -0.05) is 18.2 Å². The van der Waals surface area contributed by atoms with Gasteiger partial charge in [-0.25, -0.2) is 4.99 Å². The van der Waals surface area contributed by atoms with Crippen molar-refractivity contribution in [3.8, 4) is 23.0 Å². The maximum absolute atomic E-state index is 12.5. The number of aliphatic imine (C=N–C) groups is 1. The fourth-order valence-electron chi connectivity index (χ4n) is 3.08. The Bertz CT molecular complexity index is 1100. The van der Waals surface area contributed by atoms with Crippen LogP contribution in [0.1, 0.15) is 16.9 Å². The summed E-state index contributed by atoms with van der Waals surface area (Å²) in [5, 5.41) is 14.9. The highest BCUT2D eigenvalue weighted by molar-refractivity contribution is 7.12. The zero-order valence-corrected chi connectivity index (χ0v) is 18.9. The minimum Gasteiger partial charge on any atom is -0.505 e. The highest BCUT2D eigenvalue weighted by Crippen LogP contribution is 2.48. The molecule has 0 aliphatic rings. The third-order valence-electron chi connectivity index (χ3n) is 4.67. The first-order valence-corrected chi connectivity index (χ1v) is 10.6. The topological polar surface area (TPSA) is 115 Å². The van der Waals surface area contributed by atoms with Gasteiger partial charge in [0.1, 0.15) is 17.3 Å². The molecule has 1 heterocycles. The summed E-state index contributed by atoms with van der Waals surface area (Å²) in [6, 6.07) is 12.7. The van der Waals surface area contributed by atoms with Gasteiger partial charge in [-0.2, -0.15) is 0 Å². The average Bonchev–Trinajstić information content (AvgIpc) is 3.34. The standard InChI is InChI=1S/C23H25N3O5S/c1-29-17-13-16(27)20(22(31-3)21(17)30-2)26-19(28)11-8-14-6-9-15(10-7-14)25-23(24)18-5-4-12-32-18/h4-7,9-10,12-13,27H,8,11H2,1-3H3,(H2,24,25)(H,26,28). The van der Waals surface area contributed by atoms with Gasteiger partial charge in [0.05, 0.1) is 31.9 Å². The highest BCUT2D eigenvalue weighted by Gasteiger charge is 2.22. The number of phenolic OH excluding ortho intramolecular Hbond substituents is 1. The monoisotopic (exact) mass is 455 g/mol. The predicted octanol–water partition coefficient (Wildman–Crippen LogP) is 4.09. The summed E-state index contributed by atoms with van der Waals surface area (Å²) in [5.41, 5.74) is 7.85. The van der Waals surface area contributed by atoms with Crippen molar-refractivity contribution in [2.24, 2.45) is 10.7 Å². The Morgan fingerprint density at radius 3 is 2.41 bits per heavy atom. The number of benzene rings is 2. The molecule has 0 fully saturated rings. The number of ether oxygens (including phenoxy) is 3. The number of hydrogen-bond donors (Lipinski definition) is 3. The number of amides is 1. The minimum absolute atomic E-state index is 0.129. The van der Waals surface area contributed by atoms with Crippen LogP contribution < -0.4 is 25.3 Å². The molecule has 3 rings (SSSR count). The van der Waals surface area contributed by atoms with Crippen LogP contribution in [0.5, 0.6) is 23.0 Å². The normalized spacial score (nSPS) is 11.2. The van der Waals surface area contributed by atoms with Gasteiger partial charge in [-0.15, -0.1) is 11.3 Å². The number of methoxy groups -OCH3 is 3. The van der Waals surface area contributed by atoms with Crippen LogP contribution in [0.4, 0.5) is 11.4 Å². The molecule has 4 N–H and O–H groups in total. The van der Waals surface area contributed by atoms with E-state index in [2.05, 4.69) is 10.3 Å². The lowest BCUT2D eigenvalue weighted by atomic mass is 10.1. The lowest BCUT2D eigenvalue weighted by Crippen LogP contribution is -2.14. The summed E-state index contributed by atoms with van der Waals surface area (Å²) in [7, 11) is 4.31. The maximum atomic E-state index is 12.5. The van der Waals surface area contributed by atoms with E-state index in [-0.39, 0.29) is 35.3 Å². The van der Waals surface area contributed by atoms with Gasteiger partial charge < -0.3 is 30.4 Å². The summed E-state index contributed by atoms with van der Waals surface area (Å²) < 4.78 is 15.8. The van der Waals surface area contributed by atoms with Crippen LogP contribution in [0.2, 0.25) is 0 Å². The number of rotatable bonds is 9. The number of thiophene rings is 1. The Morgan fingerprint density at radius 2 is 1.81 bits per heavy atom. The van der Waals surface area contributed by atoms with Gasteiger partial charge in [0.15, 0.2) is 11.5 Å². The summed E-state index contributed by atoms with van der Waals surface area (Å²) in [6.45, 7) is 0. The van der Waals surface area contributed by atoms with E-state index in [0.29, 0.717) is 18.0 Å². The molecular weight excluding hydrogens is 430 g/mol. The minimum atomic E-state index is -0.283. The van der Waals surface area contributed by atoms with Crippen molar-refractivity contribution in [2.45, 2.75) is 12.8 Å². The molecule has 0 bridgehead atoms. The molecule has 9 heteroatoms. The number of nitrogens with zero attached hydrogens (tertiary/aromatic N) is 1. The maximum Gasteiger partial charge on any atom is 0.224 e. The largest absolute Gasteiger partial charge is 0.505 e. The molecule has 1 amide bonds. The molecule has 1 aromatic heterocycles. The lowest BCUT2D eigenvalue weighted by Gasteiger charge is -2.17. The first kappa shape index (κ1) is 23.0. The highest BCUT2D eigenvalue weighted by atomic mass is 32.1. The van der Waals surface area contributed by atoms with Gasteiger partial charge in [-0.3, -0.25) is 4.79 Å². The van der Waals surface area contributed by atoms with Crippen LogP contribution >= 0.6 is 11.3 Å². The SMILES string of the molecule is COc1cc(O)c(NC(=O)CCc2ccc(N=C(N)c3cccs3)cc2)c(OC)c1OC. The number of hydrogen-bond acceptors (Lipinski definition) is 7. The Balaban J connectivity index is 1.65. The third kappa shape index (κ3) is 5.30. The second-order valence-corrected chi connectivity index (χ2v) is 7.68. The molecule has 32 heavy (non-hydrogen) atoms. The number of aryl methyl sites for hydroxylation is 1. The van der Waals surface area contributed by atoms with Gasteiger partial charge in [0, 0.05) is 12.5 Å². The number of aromatic hydroxyl groups is 1. The quantitative estimate of drug-likeness (QED) is 0.254. The fraction of sp³-hybridized carbons (Fsp3) is 0.217. The van der Waals surface area contributed by atoms with Crippen molar-refractivity contribution in [1.82, 2.24) is 0 Å². The second-order valence-electron chi connectivity index (χ2n) is 6.73. The number of nitrogens with one attached hydrogen (secondary N) is 1. The number of nitrogens with two attached hydrogens (primary N) is 1. The summed E-state index contributed by atoms with van der Waals surface area (Å²) in [5.74, 6) is 0.760. The molecule has 8 nitrogen and oxygen atoms in total. The predicted molar refractivity (Wildman–Crippen MR) is 126 cm³/mol. The molecule has 0 radical (unpaired) electrons. The molecule has 0 atom stereocenters. The van der Waals surface area contributed by atoms with Gasteiger partial charge in [0.2, 0.25) is 11.7 Å². The molecule has 0 saturated carbocycles. The van der Waals surface area contributed by atoms with E-state index in [1.807, 2.05) is 41.8 Å². The van der Waals surface area contributed by atoms with Gasteiger partial charge >= 0.3 is 0 Å². The van der Waals surface area contributed by atoms with Crippen LogP contribution in [-0.4, -0.2) is 38.2 Å². The van der Waals surface area contributed by atoms with E-state index in [1.54, 1.807) is 0 Å². The Hall–Kier alpha value is -3.72. The Labute approximate surface area is 190 Å². The molecule has 2 aromatic carbocycles. The smallest absolute Gasteiger partial charge is 0.224 e. The molecule has 0 saturated heterocycles. The van der Waals surface area contributed by atoms with Crippen LogP contribution in [0, 0.1) is 0 Å². The zero-order valence-electron chi connectivity index (χ0n) is 18.0. The number of carbonyl (C=O) groups is 1. The van der Waals surface area contributed by atoms with Crippen molar-refractivity contribution in [3.63, 3.8) is 0 Å². The van der Waals surface area contributed by atoms with E-state index >= 15 is 0 Å². The molecule has 0 spiro atoms. The number of carbonyl (C=O) groups excluding carboxylic acids is 1. The first-order valence-electron chi connectivity index (χ1n) is 9.75. The summed E-state index contributed by atoms with van der Waals surface area (Å²) in [4.78, 5) is 17.8. The Morgan fingerprint density at radius 1 is 1.09 bits per heavy atom. The van der Waals surface area contributed by atoms with E-state index < -0.39 is 0 Å². The van der Waals surface area contributed by atoms with Crippen LogP contribution in [-0.2, 0) is 11.2 Å². The van der Waals surface area contributed by atoms with Crippen LogP contribution in [0.25, 0.3) is 0 Å². The lowest BCUT2D eigenvalue weighted by molar-refractivity contribution is -0.116. The molecule has 168 valence electrons. The Kier molecular flexibility index (Phi) is 7.56. The van der Waals surface area contributed by atoms with Crippen molar-refractivity contribution >= 4 is 34.5 Å². The van der Waals surface area contributed by atoms with E-state index in [0.717, 1.165) is 16.1 Å². The van der Waals surface area contributed by atoms with Gasteiger partial charge in [0.25, 0.3) is 0 Å². The third-order valence-corrected chi connectivity index (χ3v) is 5.57. The molecule has 3 aromatic rings. The van der Waals surface area contributed by atoms with Crippen molar-refractivity contribution in [1.29, 1.82) is 0 Å². The van der Waals surface area contributed by atoms with Crippen molar-refractivity contribution < 1.29 is 24.1 Å².